The average molecular weight is 312 g/mol. The number of alkyl halides is 6. The van der Waals surface area contributed by atoms with Gasteiger partial charge in [-0.15, -0.1) is 0 Å². The van der Waals surface area contributed by atoms with E-state index in [0.29, 0.717) is 18.7 Å². The first-order chi connectivity index (χ1) is 9.59. The van der Waals surface area contributed by atoms with Gasteiger partial charge in [0.25, 0.3) is 0 Å². The van der Waals surface area contributed by atoms with Crippen molar-refractivity contribution >= 4 is 0 Å². The van der Waals surface area contributed by atoms with E-state index in [2.05, 4.69) is 0 Å². The standard InChI is InChI=1S/C13H14F6N2/c14-12(15,16)9-3-2-8(6-10(9)13(17,18)19)11(20)7-21-4-1-5-21/h2-3,6,11H,1,4-5,7,20H2. The SMILES string of the molecule is NC(CN1CCC1)c1ccc(C(F)(F)F)c(C(F)(F)F)c1. The van der Waals surface area contributed by atoms with Gasteiger partial charge < -0.3 is 10.6 Å². The Bertz CT molecular complexity index is 504. The minimum absolute atomic E-state index is 0.0576. The summed E-state index contributed by atoms with van der Waals surface area (Å²) in [6.07, 6.45) is -9.13. The molecule has 118 valence electrons. The van der Waals surface area contributed by atoms with E-state index in [9.17, 15) is 26.3 Å². The smallest absolute Gasteiger partial charge is 0.323 e. The Labute approximate surface area is 117 Å². The zero-order valence-electron chi connectivity index (χ0n) is 10.9. The monoisotopic (exact) mass is 312 g/mol. The highest BCUT2D eigenvalue weighted by atomic mass is 19.4. The summed E-state index contributed by atoms with van der Waals surface area (Å²) >= 11 is 0. The normalized spacial score (nSPS) is 18.4. The second-order valence-corrected chi connectivity index (χ2v) is 5.06. The van der Waals surface area contributed by atoms with Crippen molar-refractivity contribution in [3.05, 3.63) is 34.9 Å². The first kappa shape index (κ1) is 16.1. The minimum Gasteiger partial charge on any atom is -0.323 e. The van der Waals surface area contributed by atoms with Crippen LogP contribution in [0, 0.1) is 0 Å². The van der Waals surface area contributed by atoms with Crippen molar-refractivity contribution in [2.24, 2.45) is 5.73 Å². The molecule has 0 aliphatic carbocycles. The molecule has 1 unspecified atom stereocenters. The second-order valence-electron chi connectivity index (χ2n) is 5.06. The maximum atomic E-state index is 12.8. The van der Waals surface area contributed by atoms with Crippen LogP contribution < -0.4 is 5.73 Å². The summed E-state index contributed by atoms with van der Waals surface area (Å²) in [7, 11) is 0. The van der Waals surface area contributed by atoms with Gasteiger partial charge in [-0.05, 0) is 37.2 Å². The largest absolute Gasteiger partial charge is 0.417 e. The number of halogens is 6. The van der Waals surface area contributed by atoms with Gasteiger partial charge in [-0.25, -0.2) is 0 Å². The molecular weight excluding hydrogens is 298 g/mol. The molecule has 1 atom stereocenters. The quantitative estimate of drug-likeness (QED) is 0.867. The summed E-state index contributed by atoms with van der Waals surface area (Å²) < 4.78 is 76.4. The highest BCUT2D eigenvalue weighted by Crippen LogP contribution is 2.41. The van der Waals surface area contributed by atoms with Gasteiger partial charge >= 0.3 is 12.4 Å². The predicted octanol–water partition coefficient (Wildman–Crippen LogP) is 3.43. The molecule has 1 aromatic carbocycles. The molecule has 2 rings (SSSR count). The van der Waals surface area contributed by atoms with Crippen molar-refractivity contribution < 1.29 is 26.3 Å². The molecule has 1 aliphatic rings. The van der Waals surface area contributed by atoms with Gasteiger partial charge in [0.15, 0.2) is 0 Å². The molecule has 0 saturated carbocycles. The molecule has 0 bridgehead atoms. The molecule has 0 spiro atoms. The average Bonchev–Trinajstić information content (AvgIpc) is 2.30. The van der Waals surface area contributed by atoms with Crippen molar-refractivity contribution in [2.75, 3.05) is 19.6 Å². The van der Waals surface area contributed by atoms with Gasteiger partial charge in [-0.3, -0.25) is 0 Å². The molecule has 1 fully saturated rings. The van der Waals surface area contributed by atoms with Gasteiger partial charge in [-0.2, -0.15) is 26.3 Å². The van der Waals surface area contributed by atoms with Crippen LogP contribution >= 0.6 is 0 Å². The van der Waals surface area contributed by atoms with Crippen molar-refractivity contribution in [1.29, 1.82) is 0 Å². The van der Waals surface area contributed by atoms with Crippen LogP contribution in [0.4, 0.5) is 26.3 Å². The third-order valence-electron chi connectivity index (χ3n) is 3.49. The number of rotatable bonds is 3. The zero-order valence-corrected chi connectivity index (χ0v) is 10.9. The lowest BCUT2D eigenvalue weighted by atomic mass is 9.98. The minimum atomic E-state index is -5.07. The number of hydrogen-bond donors (Lipinski definition) is 1. The molecule has 0 amide bonds. The summed E-state index contributed by atoms with van der Waals surface area (Å²) in [5.74, 6) is 0. The number of nitrogens with two attached hydrogens (primary N) is 1. The van der Waals surface area contributed by atoms with Crippen LogP contribution in [-0.4, -0.2) is 24.5 Å². The topological polar surface area (TPSA) is 29.3 Å². The Morgan fingerprint density at radius 2 is 1.57 bits per heavy atom. The van der Waals surface area contributed by atoms with Gasteiger partial charge in [-0.1, -0.05) is 6.07 Å². The van der Waals surface area contributed by atoms with Crippen LogP contribution in [-0.2, 0) is 12.4 Å². The fourth-order valence-corrected chi connectivity index (χ4v) is 2.22. The molecule has 0 aromatic heterocycles. The van der Waals surface area contributed by atoms with Gasteiger partial charge in [0.05, 0.1) is 11.1 Å². The van der Waals surface area contributed by atoms with E-state index in [4.69, 9.17) is 5.73 Å². The van der Waals surface area contributed by atoms with E-state index in [1.807, 2.05) is 4.90 Å². The fraction of sp³-hybridized carbons (Fsp3) is 0.538. The maximum Gasteiger partial charge on any atom is 0.417 e. The van der Waals surface area contributed by atoms with Crippen LogP contribution in [0.3, 0.4) is 0 Å². The number of nitrogens with zero attached hydrogens (tertiary/aromatic N) is 1. The molecular formula is C13H14F6N2. The fourth-order valence-electron chi connectivity index (χ4n) is 2.22. The Hall–Kier alpha value is -1.28. The summed E-state index contributed by atoms with van der Waals surface area (Å²) in [4.78, 5) is 1.94. The van der Waals surface area contributed by atoms with Crippen LogP contribution in [0.15, 0.2) is 18.2 Å². The van der Waals surface area contributed by atoms with Crippen LogP contribution in [0.2, 0.25) is 0 Å². The molecule has 8 heteroatoms. The highest BCUT2D eigenvalue weighted by Gasteiger charge is 2.43. The maximum absolute atomic E-state index is 12.8. The van der Waals surface area contributed by atoms with Crippen LogP contribution in [0.5, 0.6) is 0 Å². The third-order valence-corrected chi connectivity index (χ3v) is 3.49. The van der Waals surface area contributed by atoms with Crippen molar-refractivity contribution in [2.45, 2.75) is 24.8 Å². The molecule has 1 saturated heterocycles. The summed E-state index contributed by atoms with van der Waals surface area (Å²) in [6, 6.07) is 1.23. The lowest BCUT2D eigenvalue weighted by Crippen LogP contribution is -2.41. The Balaban J connectivity index is 2.32. The Morgan fingerprint density at radius 3 is 2.00 bits per heavy atom. The van der Waals surface area contributed by atoms with Crippen molar-refractivity contribution in [3.8, 4) is 0 Å². The molecule has 2 nitrogen and oxygen atoms in total. The van der Waals surface area contributed by atoms with Crippen LogP contribution in [0.25, 0.3) is 0 Å². The molecule has 0 radical (unpaired) electrons. The highest BCUT2D eigenvalue weighted by molar-refractivity contribution is 5.37. The number of benzene rings is 1. The molecule has 1 heterocycles. The van der Waals surface area contributed by atoms with Crippen LogP contribution in [0.1, 0.15) is 29.2 Å². The Morgan fingerprint density at radius 1 is 1.00 bits per heavy atom. The molecule has 1 aromatic rings. The number of hydrogen-bond acceptors (Lipinski definition) is 2. The molecule has 1 aliphatic heterocycles. The molecule has 2 N–H and O–H groups in total. The van der Waals surface area contributed by atoms with E-state index in [1.54, 1.807) is 0 Å². The second kappa shape index (κ2) is 5.49. The lowest BCUT2D eigenvalue weighted by Gasteiger charge is -2.33. The van der Waals surface area contributed by atoms with Gasteiger partial charge in [0.1, 0.15) is 0 Å². The van der Waals surface area contributed by atoms with Gasteiger partial charge in [0.2, 0.25) is 0 Å². The lowest BCUT2D eigenvalue weighted by molar-refractivity contribution is -0.162. The van der Waals surface area contributed by atoms with E-state index < -0.39 is 29.5 Å². The zero-order chi connectivity index (χ0) is 15.8. The van der Waals surface area contributed by atoms with E-state index in [1.165, 1.54) is 0 Å². The van der Waals surface area contributed by atoms with Crippen molar-refractivity contribution in [3.63, 3.8) is 0 Å². The predicted molar refractivity (Wildman–Crippen MR) is 64.4 cm³/mol. The Kier molecular flexibility index (Phi) is 4.21. The number of likely N-dealkylation sites (tertiary alicyclic amines) is 1. The van der Waals surface area contributed by atoms with E-state index >= 15 is 0 Å². The van der Waals surface area contributed by atoms with E-state index in [0.717, 1.165) is 25.6 Å². The summed E-state index contributed by atoms with van der Waals surface area (Å²) in [6.45, 7) is 1.95. The molecule has 21 heavy (non-hydrogen) atoms. The van der Waals surface area contributed by atoms with E-state index in [-0.39, 0.29) is 5.56 Å². The summed E-state index contributed by atoms with van der Waals surface area (Å²) in [5, 5.41) is 0. The first-order valence-corrected chi connectivity index (χ1v) is 6.35. The van der Waals surface area contributed by atoms with Gasteiger partial charge in [0, 0.05) is 12.6 Å². The summed E-state index contributed by atoms with van der Waals surface area (Å²) in [5.41, 5.74) is 2.47. The first-order valence-electron chi connectivity index (χ1n) is 6.35. The van der Waals surface area contributed by atoms with Crippen molar-refractivity contribution in [1.82, 2.24) is 4.90 Å². The third kappa shape index (κ3) is 3.68.